The Bertz CT molecular complexity index is 1590. The number of hydrogen-bond acceptors (Lipinski definition) is 6. The molecule has 0 fully saturated rings. The van der Waals surface area contributed by atoms with E-state index < -0.39 is 20.2 Å². The monoisotopic (exact) mass is 496 g/mol. The second-order valence-electron chi connectivity index (χ2n) is 7.64. The number of benzene rings is 3. The lowest BCUT2D eigenvalue weighted by Crippen LogP contribution is -2.16. The van der Waals surface area contributed by atoms with Crippen molar-refractivity contribution >= 4 is 43.0 Å². The summed E-state index contributed by atoms with van der Waals surface area (Å²) in [5.74, 6) is 0. The molecule has 0 aliphatic heterocycles. The highest BCUT2D eigenvalue weighted by atomic mass is 32.2. The summed E-state index contributed by atoms with van der Waals surface area (Å²) in [6.07, 6.45) is 1.68. The fraction of sp³-hybridized carbons (Fsp3) is 0.0417. The van der Waals surface area contributed by atoms with Gasteiger partial charge >= 0.3 is 0 Å². The summed E-state index contributed by atoms with van der Waals surface area (Å²) < 4.78 is 64.9. The van der Waals surface area contributed by atoms with Crippen molar-refractivity contribution in [3.63, 3.8) is 0 Å². The van der Waals surface area contributed by atoms with Crippen LogP contribution in [0.3, 0.4) is 0 Å². The predicted molar refractivity (Wildman–Crippen MR) is 131 cm³/mol. The molecule has 1 aliphatic carbocycles. The van der Waals surface area contributed by atoms with Crippen LogP contribution in [0.25, 0.3) is 5.70 Å². The van der Waals surface area contributed by atoms with Crippen LogP contribution in [0.5, 0.6) is 0 Å². The molecule has 3 aromatic carbocycles. The molecule has 0 atom stereocenters. The third-order valence-corrected chi connectivity index (χ3v) is 6.95. The molecule has 4 rings (SSSR count). The highest BCUT2D eigenvalue weighted by Crippen LogP contribution is 2.34. The number of nitrogens with zero attached hydrogens (tertiary/aromatic N) is 1. The molecule has 8 nitrogen and oxygen atoms in total. The maximum Gasteiger partial charge on any atom is 0.294 e. The van der Waals surface area contributed by atoms with Gasteiger partial charge < -0.3 is 5.32 Å². The Labute approximate surface area is 197 Å². The van der Waals surface area contributed by atoms with Crippen LogP contribution in [-0.2, 0) is 20.2 Å². The average Bonchev–Trinajstić information content (AvgIpc) is 2.76. The van der Waals surface area contributed by atoms with E-state index in [4.69, 9.17) is 4.99 Å². The molecule has 10 heteroatoms. The number of fused-ring (bicyclic) bond motifs is 1. The van der Waals surface area contributed by atoms with Crippen molar-refractivity contribution in [2.24, 2.45) is 4.99 Å². The van der Waals surface area contributed by atoms with Gasteiger partial charge in [0.1, 0.15) is 0 Å². The highest BCUT2D eigenvalue weighted by molar-refractivity contribution is 7.86. The summed E-state index contributed by atoms with van der Waals surface area (Å²) in [4.78, 5) is 4.20. The van der Waals surface area contributed by atoms with Crippen LogP contribution >= 0.6 is 0 Å². The van der Waals surface area contributed by atoms with Gasteiger partial charge in [-0.2, -0.15) is 16.8 Å². The Morgan fingerprint density at radius 3 is 2.06 bits per heavy atom. The lowest BCUT2D eigenvalue weighted by Gasteiger charge is -2.23. The van der Waals surface area contributed by atoms with Gasteiger partial charge in [0.05, 0.1) is 21.2 Å². The molecule has 0 amide bonds. The molecule has 0 unspecified atom stereocenters. The van der Waals surface area contributed by atoms with Crippen LogP contribution in [-0.4, -0.2) is 31.7 Å². The van der Waals surface area contributed by atoms with Crippen molar-refractivity contribution in [1.29, 1.82) is 0 Å². The molecular weight excluding hydrogens is 476 g/mol. The highest BCUT2D eigenvalue weighted by Gasteiger charge is 2.24. The van der Waals surface area contributed by atoms with Gasteiger partial charge in [0.15, 0.2) is 0 Å². The third-order valence-electron chi connectivity index (χ3n) is 5.24. The molecule has 0 radical (unpaired) electrons. The molecule has 0 bridgehead atoms. The van der Waals surface area contributed by atoms with E-state index in [9.17, 15) is 25.9 Å². The minimum atomic E-state index is -4.46. The van der Waals surface area contributed by atoms with E-state index in [1.54, 1.807) is 12.1 Å². The molecule has 0 aromatic heterocycles. The van der Waals surface area contributed by atoms with Crippen molar-refractivity contribution in [1.82, 2.24) is 0 Å². The molecule has 3 N–H and O–H groups in total. The zero-order valence-corrected chi connectivity index (χ0v) is 19.6. The van der Waals surface area contributed by atoms with E-state index in [1.165, 1.54) is 36.4 Å². The van der Waals surface area contributed by atoms with E-state index in [1.807, 2.05) is 31.2 Å². The van der Waals surface area contributed by atoms with Crippen molar-refractivity contribution < 1.29 is 25.9 Å². The van der Waals surface area contributed by atoms with E-state index in [0.717, 1.165) is 11.3 Å². The number of nitrogens with one attached hydrogen (secondary N) is 1. The summed E-state index contributed by atoms with van der Waals surface area (Å²) in [5, 5.41) is 3.11. The largest absolute Gasteiger partial charge is 0.355 e. The number of aliphatic imine (C=N–C) groups is 1. The Hall–Kier alpha value is -3.57. The van der Waals surface area contributed by atoms with Crippen LogP contribution in [0.1, 0.15) is 16.7 Å². The van der Waals surface area contributed by atoms with Crippen LogP contribution in [0.2, 0.25) is 0 Å². The molecule has 34 heavy (non-hydrogen) atoms. The van der Waals surface area contributed by atoms with Crippen molar-refractivity contribution in [2.75, 3.05) is 5.32 Å². The molecular formula is C24H20N2O6S2. The quantitative estimate of drug-likeness (QED) is 0.439. The minimum absolute atomic E-state index is 0.262. The molecule has 174 valence electrons. The number of anilines is 1. The van der Waals surface area contributed by atoms with Crippen LogP contribution in [0, 0.1) is 6.92 Å². The first kappa shape index (κ1) is 23.6. The predicted octanol–water partition coefficient (Wildman–Crippen LogP) is 4.63. The van der Waals surface area contributed by atoms with Crippen LogP contribution in [0.4, 0.5) is 11.4 Å². The third kappa shape index (κ3) is 4.85. The lowest BCUT2D eigenvalue weighted by atomic mass is 9.89. The van der Waals surface area contributed by atoms with Crippen molar-refractivity contribution in [3.05, 3.63) is 102 Å². The van der Waals surface area contributed by atoms with Crippen molar-refractivity contribution in [3.8, 4) is 0 Å². The maximum atomic E-state index is 11.8. The first-order valence-corrected chi connectivity index (χ1v) is 12.8. The zero-order valence-electron chi connectivity index (χ0n) is 17.9. The average molecular weight is 497 g/mol. The molecule has 0 spiro atoms. The molecule has 1 aliphatic rings. The van der Waals surface area contributed by atoms with Crippen LogP contribution in [0.15, 0.2) is 99.7 Å². The fourth-order valence-corrected chi connectivity index (χ4v) is 4.50. The Morgan fingerprint density at radius 1 is 0.824 bits per heavy atom. The first-order valence-electron chi connectivity index (χ1n) is 9.95. The fourth-order valence-electron chi connectivity index (χ4n) is 3.52. The van der Waals surface area contributed by atoms with E-state index in [-0.39, 0.29) is 9.79 Å². The normalized spacial score (nSPS) is 15.1. The maximum absolute atomic E-state index is 11.8. The van der Waals surface area contributed by atoms with Gasteiger partial charge in [0.25, 0.3) is 20.2 Å². The smallest absolute Gasteiger partial charge is 0.294 e. The topological polar surface area (TPSA) is 133 Å². The molecule has 0 heterocycles. The van der Waals surface area contributed by atoms with Gasteiger partial charge in [-0.3, -0.25) is 9.11 Å². The Kier molecular flexibility index (Phi) is 6.00. The van der Waals surface area contributed by atoms with Gasteiger partial charge in [-0.1, -0.05) is 30.8 Å². The molecule has 0 saturated heterocycles. The lowest BCUT2D eigenvalue weighted by molar-refractivity contribution is 0.481. The summed E-state index contributed by atoms with van der Waals surface area (Å²) in [6, 6.07) is 17.1. The van der Waals surface area contributed by atoms with Gasteiger partial charge in [0.2, 0.25) is 0 Å². The van der Waals surface area contributed by atoms with Gasteiger partial charge in [-0.15, -0.1) is 0 Å². The number of hydrogen-bond donors (Lipinski definition) is 3. The number of para-hydroxylation sites is 1. The first-order chi connectivity index (χ1) is 15.9. The summed E-state index contributed by atoms with van der Waals surface area (Å²) >= 11 is 0. The SMILES string of the molecule is C=C1C=C(Nc2ccc(S(=O)(=O)O)cc2)c2cc(S(=O)(=O)O)ccc2C1=Nc1ccccc1C. The van der Waals surface area contributed by atoms with Gasteiger partial charge in [-0.25, -0.2) is 4.99 Å². The van der Waals surface area contributed by atoms with E-state index >= 15 is 0 Å². The Morgan fingerprint density at radius 2 is 1.44 bits per heavy atom. The number of allylic oxidation sites excluding steroid dienone is 2. The molecule has 0 saturated carbocycles. The zero-order chi connectivity index (χ0) is 24.7. The number of rotatable bonds is 5. The van der Waals surface area contributed by atoms with E-state index in [0.29, 0.717) is 33.8 Å². The summed E-state index contributed by atoms with van der Waals surface area (Å²) in [5.41, 5.74) is 4.78. The number of aryl methyl sites for hydroxylation is 1. The van der Waals surface area contributed by atoms with E-state index in [2.05, 4.69) is 11.9 Å². The summed E-state index contributed by atoms with van der Waals surface area (Å²) in [6.45, 7) is 6.03. The minimum Gasteiger partial charge on any atom is -0.355 e. The standard InChI is InChI=1S/C24H20N2O6S2/c1-15-5-3-4-6-22(15)26-24-16(2)13-23(21-14-19(34(30,31)32)11-12-20(21)24)25-17-7-9-18(10-8-17)33(27,28)29/h3-14,25H,2H2,1H3,(H,27,28,29)(H,30,31,32). The second kappa shape index (κ2) is 8.65. The van der Waals surface area contributed by atoms with Gasteiger partial charge in [-0.05, 0) is 66.6 Å². The van der Waals surface area contributed by atoms with Gasteiger partial charge in [0, 0.05) is 22.5 Å². The van der Waals surface area contributed by atoms with Crippen LogP contribution < -0.4 is 5.32 Å². The Balaban J connectivity index is 1.83. The molecule has 3 aromatic rings. The van der Waals surface area contributed by atoms with Crippen molar-refractivity contribution in [2.45, 2.75) is 16.7 Å². The summed E-state index contributed by atoms with van der Waals surface area (Å²) in [7, 11) is -8.80. The second-order valence-corrected chi connectivity index (χ2v) is 10.5.